The van der Waals surface area contributed by atoms with E-state index in [1.807, 2.05) is 0 Å². The minimum absolute atomic E-state index is 0.0765. The third kappa shape index (κ3) is 5.40. The van der Waals surface area contributed by atoms with E-state index in [0.717, 1.165) is 11.6 Å². The van der Waals surface area contributed by atoms with Crippen molar-refractivity contribution in [1.29, 1.82) is 0 Å². The Morgan fingerprint density at radius 2 is 1.92 bits per heavy atom. The zero-order chi connectivity index (χ0) is 19.1. The van der Waals surface area contributed by atoms with Gasteiger partial charge in [0.2, 0.25) is 11.8 Å². The van der Waals surface area contributed by atoms with E-state index < -0.39 is 11.9 Å². The Bertz CT molecular complexity index is 809. The SMILES string of the molecule is C=CC(=O)Nc1ccc(CC(=O)NC(CO)c2ccc(F)c(Cl)c2)cc1. The molecule has 0 aromatic heterocycles. The number of hydrogen-bond donors (Lipinski definition) is 3. The van der Waals surface area contributed by atoms with Gasteiger partial charge in [-0.2, -0.15) is 0 Å². The van der Waals surface area contributed by atoms with Crippen molar-refractivity contribution in [2.75, 3.05) is 11.9 Å². The summed E-state index contributed by atoms with van der Waals surface area (Å²) in [7, 11) is 0. The highest BCUT2D eigenvalue weighted by Crippen LogP contribution is 2.21. The highest BCUT2D eigenvalue weighted by atomic mass is 35.5. The van der Waals surface area contributed by atoms with Gasteiger partial charge in [-0.25, -0.2) is 4.39 Å². The smallest absolute Gasteiger partial charge is 0.247 e. The predicted molar refractivity (Wildman–Crippen MR) is 98.4 cm³/mol. The Balaban J connectivity index is 1.99. The van der Waals surface area contributed by atoms with E-state index in [0.29, 0.717) is 11.3 Å². The van der Waals surface area contributed by atoms with Gasteiger partial charge in [0.05, 0.1) is 24.1 Å². The summed E-state index contributed by atoms with van der Waals surface area (Å²) < 4.78 is 13.2. The van der Waals surface area contributed by atoms with Gasteiger partial charge in [0.25, 0.3) is 0 Å². The Morgan fingerprint density at radius 3 is 2.50 bits per heavy atom. The Labute approximate surface area is 155 Å². The van der Waals surface area contributed by atoms with Crippen LogP contribution in [0.15, 0.2) is 55.1 Å². The molecule has 0 heterocycles. The second-order valence-electron chi connectivity index (χ2n) is 5.54. The molecule has 136 valence electrons. The van der Waals surface area contributed by atoms with Gasteiger partial charge in [-0.05, 0) is 41.5 Å². The molecular weight excluding hydrogens is 359 g/mol. The van der Waals surface area contributed by atoms with Crippen LogP contribution in [-0.4, -0.2) is 23.5 Å². The fraction of sp³-hybridized carbons (Fsp3) is 0.158. The number of halogens is 2. The molecule has 0 spiro atoms. The minimum atomic E-state index is -0.688. The number of nitrogens with one attached hydrogen (secondary N) is 2. The molecule has 26 heavy (non-hydrogen) atoms. The number of carbonyl (C=O) groups is 2. The third-order valence-electron chi connectivity index (χ3n) is 3.64. The lowest BCUT2D eigenvalue weighted by Gasteiger charge is -2.17. The van der Waals surface area contributed by atoms with Crippen LogP contribution >= 0.6 is 11.6 Å². The zero-order valence-corrected chi connectivity index (χ0v) is 14.6. The number of amides is 2. The number of hydrogen-bond acceptors (Lipinski definition) is 3. The third-order valence-corrected chi connectivity index (χ3v) is 3.93. The average Bonchev–Trinajstić information content (AvgIpc) is 2.63. The Hall–Kier alpha value is -2.70. The lowest BCUT2D eigenvalue weighted by Crippen LogP contribution is -2.32. The second-order valence-corrected chi connectivity index (χ2v) is 5.95. The maximum Gasteiger partial charge on any atom is 0.247 e. The highest BCUT2D eigenvalue weighted by molar-refractivity contribution is 6.30. The van der Waals surface area contributed by atoms with Crippen molar-refractivity contribution in [3.63, 3.8) is 0 Å². The van der Waals surface area contributed by atoms with E-state index in [9.17, 15) is 19.1 Å². The monoisotopic (exact) mass is 376 g/mol. The van der Waals surface area contributed by atoms with E-state index in [1.165, 1.54) is 18.2 Å². The number of benzene rings is 2. The van der Waals surface area contributed by atoms with Crippen molar-refractivity contribution in [3.8, 4) is 0 Å². The first-order valence-corrected chi connectivity index (χ1v) is 8.18. The summed E-state index contributed by atoms with van der Waals surface area (Å²) >= 11 is 5.74. The van der Waals surface area contributed by atoms with E-state index in [4.69, 9.17) is 11.6 Å². The normalized spacial score (nSPS) is 11.5. The van der Waals surface area contributed by atoms with Crippen molar-refractivity contribution in [3.05, 3.63) is 77.1 Å². The predicted octanol–water partition coefficient (Wildman–Crippen LogP) is 3.00. The number of aliphatic hydroxyl groups is 1. The largest absolute Gasteiger partial charge is 0.394 e. The molecule has 0 bridgehead atoms. The number of carbonyl (C=O) groups excluding carboxylic acids is 2. The van der Waals surface area contributed by atoms with Gasteiger partial charge in [0, 0.05) is 5.69 Å². The summed E-state index contributed by atoms with van der Waals surface area (Å²) in [5.74, 6) is -1.20. The lowest BCUT2D eigenvalue weighted by atomic mass is 10.1. The summed E-state index contributed by atoms with van der Waals surface area (Å²) in [6.07, 6.45) is 1.25. The number of anilines is 1. The molecule has 0 radical (unpaired) electrons. The van der Waals surface area contributed by atoms with Crippen LogP contribution in [0.25, 0.3) is 0 Å². The van der Waals surface area contributed by atoms with Crippen LogP contribution in [-0.2, 0) is 16.0 Å². The first kappa shape index (κ1) is 19.6. The van der Waals surface area contributed by atoms with Gasteiger partial charge in [0.15, 0.2) is 0 Å². The quantitative estimate of drug-likeness (QED) is 0.650. The molecule has 2 amide bonds. The zero-order valence-electron chi connectivity index (χ0n) is 13.8. The van der Waals surface area contributed by atoms with Crippen LogP contribution in [0, 0.1) is 5.82 Å². The van der Waals surface area contributed by atoms with Gasteiger partial charge in [0.1, 0.15) is 5.82 Å². The summed E-state index contributed by atoms with van der Waals surface area (Å²) in [6, 6.07) is 10.1. The first-order valence-electron chi connectivity index (χ1n) is 7.80. The number of aliphatic hydroxyl groups excluding tert-OH is 1. The minimum Gasteiger partial charge on any atom is -0.394 e. The first-order chi connectivity index (χ1) is 12.4. The van der Waals surface area contributed by atoms with Gasteiger partial charge >= 0.3 is 0 Å². The Morgan fingerprint density at radius 1 is 1.23 bits per heavy atom. The van der Waals surface area contributed by atoms with Crippen LogP contribution in [0.5, 0.6) is 0 Å². The summed E-state index contributed by atoms with van der Waals surface area (Å²) in [6.45, 7) is 3.02. The summed E-state index contributed by atoms with van der Waals surface area (Å²) in [4.78, 5) is 23.4. The molecule has 0 aliphatic heterocycles. The molecule has 5 nitrogen and oxygen atoms in total. The van der Waals surface area contributed by atoms with Crippen LogP contribution < -0.4 is 10.6 Å². The molecule has 0 fully saturated rings. The van der Waals surface area contributed by atoms with E-state index in [-0.39, 0.29) is 29.9 Å². The topological polar surface area (TPSA) is 78.4 Å². The lowest BCUT2D eigenvalue weighted by molar-refractivity contribution is -0.121. The van der Waals surface area contributed by atoms with Crippen molar-refractivity contribution < 1.29 is 19.1 Å². The van der Waals surface area contributed by atoms with Crippen molar-refractivity contribution in [2.24, 2.45) is 0 Å². The maximum absolute atomic E-state index is 13.2. The molecular formula is C19H18ClFN2O3. The van der Waals surface area contributed by atoms with Crippen molar-refractivity contribution in [2.45, 2.75) is 12.5 Å². The molecule has 0 aliphatic carbocycles. The molecule has 3 N–H and O–H groups in total. The highest BCUT2D eigenvalue weighted by Gasteiger charge is 2.15. The molecule has 7 heteroatoms. The standard InChI is InChI=1S/C19H18ClFN2O3/c1-2-18(25)22-14-6-3-12(4-7-14)9-19(26)23-17(11-24)13-5-8-16(21)15(20)10-13/h2-8,10,17,24H,1,9,11H2,(H,22,25)(H,23,26). The van der Waals surface area contributed by atoms with Gasteiger partial charge in [-0.3, -0.25) is 9.59 Å². The van der Waals surface area contributed by atoms with Crippen molar-refractivity contribution in [1.82, 2.24) is 5.32 Å². The van der Waals surface area contributed by atoms with E-state index >= 15 is 0 Å². The average molecular weight is 377 g/mol. The van der Waals surface area contributed by atoms with E-state index in [2.05, 4.69) is 17.2 Å². The van der Waals surface area contributed by atoms with E-state index in [1.54, 1.807) is 24.3 Å². The fourth-order valence-corrected chi connectivity index (χ4v) is 2.48. The molecule has 2 aromatic rings. The Kier molecular flexibility index (Phi) is 6.89. The molecule has 2 rings (SSSR count). The summed E-state index contributed by atoms with van der Waals surface area (Å²) in [5, 5.41) is 14.7. The molecule has 1 atom stereocenters. The van der Waals surface area contributed by atoms with Crippen LogP contribution in [0.1, 0.15) is 17.2 Å². The van der Waals surface area contributed by atoms with Crippen LogP contribution in [0.3, 0.4) is 0 Å². The second kappa shape index (κ2) is 9.12. The molecule has 0 saturated heterocycles. The van der Waals surface area contributed by atoms with Crippen LogP contribution in [0.2, 0.25) is 5.02 Å². The number of rotatable bonds is 7. The van der Waals surface area contributed by atoms with Gasteiger partial charge < -0.3 is 15.7 Å². The van der Waals surface area contributed by atoms with Gasteiger partial charge in [-0.1, -0.05) is 36.4 Å². The van der Waals surface area contributed by atoms with Crippen LogP contribution in [0.4, 0.5) is 10.1 Å². The van der Waals surface area contributed by atoms with Crippen molar-refractivity contribution >= 4 is 29.1 Å². The molecule has 2 aromatic carbocycles. The molecule has 0 aliphatic rings. The maximum atomic E-state index is 13.2. The summed E-state index contributed by atoms with van der Waals surface area (Å²) in [5.41, 5.74) is 1.83. The van der Waals surface area contributed by atoms with Gasteiger partial charge in [-0.15, -0.1) is 0 Å². The molecule has 1 unspecified atom stereocenters. The fourth-order valence-electron chi connectivity index (χ4n) is 2.29. The molecule has 0 saturated carbocycles.